The van der Waals surface area contributed by atoms with Crippen LogP contribution in [0, 0.1) is 0 Å². The van der Waals surface area contributed by atoms with E-state index in [0.717, 1.165) is 5.56 Å². The van der Waals surface area contributed by atoms with Gasteiger partial charge in [-0.05, 0) is 7.05 Å². The highest BCUT2D eigenvalue weighted by Gasteiger charge is 2.26. The molecule has 0 aromatic carbocycles. The number of aryl methyl sites for hydroxylation is 1. The lowest BCUT2D eigenvalue weighted by Gasteiger charge is -2.29. The third kappa shape index (κ3) is 3.83. The lowest BCUT2D eigenvalue weighted by Crippen LogP contribution is -2.47. The van der Waals surface area contributed by atoms with Crippen LogP contribution in [0.15, 0.2) is 12.4 Å². The number of ether oxygens (including phenoxy) is 1. The van der Waals surface area contributed by atoms with Crippen LogP contribution in [-0.4, -0.2) is 78.3 Å². The molecule has 0 aliphatic carbocycles. The molecule has 0 bridgehead atoms. The highest BCUT2D eigenvalue weighted by atomic mass is 16.5. The SMILES string of the molecule is CNC(C(=O)N(C)CC(=O)N1CCOCC1)c1cnn(C)c1. The van der Waals surface area contributed by atoms with Crippen molar-refractivity contribution in [3.05, 3.63) is 18.0 Å². The maximum absolute atomic E-state index is 12.5. The van der Waals surface area contributed by atoms with Gasteiger partial charge in [0, 0.05) is 38.9 Å². The van der Waals surface area contributed by atoms with Crippen LogP contribution in [0.1, 0.15) is 11.6 Å². The molecule has 22 heavy (non-hydrogen) atoms. The molecule has 1 unspecified atom stereocenters. The number of aromatic nitrogens is 2. The first-order chi connectivity index (χ1) is 10.5. The van der Waals surface area contributed by atoms with E-state index in [0.29, 0.717) is 26.3 Å². The summed E-state index contributed by atoms with van der Waals surface area (Å²) in [4.78, 5) is 27.9. The van der Waals surface area contributed by atoms with E-state index in [-0.39, 0.29) is 18.4 Å². The molecular formula is C14H23N5O3. The second-order valence-corrected chi connectivity index (χ2v) is 5.36. The lowest BCUT2D eigenvalue weighted by molar-refractivity contribution is -0.142. The number of nitrogens with one attached hydrogen (secondary N) is 1. The molecule has 0 radical (unpaired) electrons. The fourth-order valence-electron chi connectivity index (χ4n) is 2.44. The quantitative estimate of drug-likeness (QED) is 0.754. The van der Waals surface area contributed by atoms with Crippen molar-refractivity contribution in [3.8, 4) is 0 Å². The van der Waals surface area contributed by atoms with Crippen molar-refractivity contribution in [1.82, 2.24) is 24.9 Å². The van der Waals surface area contributed by atoms with Crippen molar-refractivity contribution in [2.45, 2.75) is 6.04 Å². The Labute approximate surface area is 130 Å². The third-order valence-corrected chi connectivity index (χ3v) is 3.71. The number of amides is 2. The number of carbonyl (C=O) groups is 2. The number of hydrogen-bond acceptors (Lipinski definition) is 5. The number of likely N-dealkylation sites (N-methyl/N-ethyl adjacent to an activating group) is 2. The first kappa shape index (κ1) is 16.4. The van der Waals surface area contributed by atoms with Crippen LogP contribution in [0.5, 0.6) is 0 Å². The van der Waals surface area contributed by atoms with Gasteiger partial charge >= 0.3 is 0 Å². The number of rotatable bonds is 5. The fraction of sp³-hybridized carbons (Fsp3) is 0.643. The Morgan fingerprint density at radius 2 is 2.14 bits per heavy atom. The lowest BCUT2D eigenvalue weighted by atomic mass is 10.1. The van der Waals surface area contributed by atoms with Gasteiger partial charge in [0.1, 0.15) is 6.04 Å². The first-order valence-electron chi connectivity index (χ1n) is 7.29. The van der Waals surface area contributed by atoms with Gasteiger partial charge in [-0.15, -0.1) is 0 Å². The van der Waals surface area contributed by atoms with Gasteiger partial charge in [0.15, 0.2) is 0 Å². The normalized spacial score (nSPS) is 16.4. The van der Waals surface area contributed by atoms with Gasteiger partial charge in [-0.1, -0.05) is 0 Å². The smallest absolute Gasteiger partial charge is 0.244 e. The molecule has 1 saturated heterocycles. The van der Waals surface area contributed by atoms with Crippen molar-refractivity contribution in [2.24, 2.45) is 7.05 Å². The Hall–Kier alpha value is -1.93. The van der Waals surface area contributed by atoms with E-state index in [1.54, 1.807) is 43.1 Å². The first-order valence-corrected chi connectivity index (χ1v) is 7.29. The summed E-state index contributed by atoms with van der Waals surface area (Å²) in [5.74, 6) is -0.211. The van der Waals surface area contributed by atoms with E-state index in [1.807, 2.05) is 0 Å². The van der Waals surface area contributed by atoms with Gasteiger partial charge in [0.05, 0.1) is 26.0 Å². The van der Waals surface area contributed by atoms with E-state index in [9.17, 15) is 9.59 Å². The summed E-state index contributed by atoms with van der Waals surface area (Å²) >= 11 is 0. The number of nitrogens with zero attached hydrogens (tertiary/aromatic N) is 4. The zero-order valence-corrected chi connectivity index (χ0v) is 13.3. The van der Waals surface area contributed by atoms with Crippen molar-refractivity contribution in [2.75, 3.05) is 46.9 Å². The maximum Gasteiger partial charge on any atom is 0.244 e. The Morgan fingerprint density at radius 3 is 2.68 bits per heavy atom. The molecule has 8 nitrogen and oxygen atoms in total. The molecule has 0 saturated carbocycles. The molecule has 2 heterocycles. The summed E-state index contributed by atoms with van der Waals surface area (Å²) in [6.07, 6.45) is 3.44. The molecule has 1 fully saturated rings. The minimum absolute atomic E-state index is 0.0554. The zero-order chi connectivity index (χ0) is 16.1. The minimum atomic E-state index is -0.504. The molecule has 1 aromatic heterocycles. The van der Waals surface area contributed by atoms with Crippen LogP contribution in [0.4, 0.5) is 0 Å². The summed E-state index contributed by atoms with van der Waals surface area (Å²) < 4.78 is 6.87. The fourth-order valence-corrected chi connectivity index (χ4v) is 2.44. The van der Waals surface area contributed by atoms with Crippen molar-refractivity contribution >= 4 is 11.8 Å². The predicted molar refractivity (Wildman–Crippen MR) is 80.0 cm³/mol. The van der Waals surface area contributed by atoms with Crippen LogP contribution in [0.3, 0.4) is 0 Å². The molecule has 122 valence electrons. The Morgan fingerprint density at radius 1 is 1.45 bits per heavy atom. The van der Waals surface area contributed by atoms with Gasteiger partial charge in [0.2, 0.25) is 11.8 Å². The van der Waals surface area contributed by atoms with Crippen LogP contribution < -0.4 is 5.32 Å². The number of carbonyl (C=O) groups excluding carboxylic acids is 2. The summed E-state index contributed by atoms with van der Waals surface area (Å²) in [5.41, 5.74) is 0.778. The molecule has 8 heteroatoms. The molecular weight excluding hydrogens is 286 g/mol. The van der Waals surface area contributed by atoms with E-state index in [2.05, 4.69) is 10.4 Å². The van der Waals surface area contributed by atoms with Gasteiger partial charge in [-0.2, -0.15) is 5.10 Å². The van der Waals surface area contributed by atoms with Gasteiger partial charge < -0.3 is 19.9 Å². The van der Waals surface area contributed by atoms with Crippen LogP contribution in [0.25, 0.3) is 0 Å². The van der Waals surface area contributed by atoms with Crippen molar-refractivity contribution in [1.29, 1.82) is 0 Å². The highest BCUT2D eigenvalue weighted by Crippen LogP contribution is 2.14. The van der Waals surface area contributed by atoms with Crippen LogP contribution in [0.2, 0.25) is 0 Å². The van der Waals surface area contributed by atoms with Crippen molar-refractivity contribution in [3.63, 3.8) is 0 Å². The molecule has 1 atom stereocenters. The Bertz CT molecular complexity index is 524. The van der Waals surface area contributed by atoms with Gasteiger partial charge in [-0.25, -0.2) is 0 Å². The number of hydrogen-bond donors (Lipinski definition) is 1. The van der Waals surface area contributed by atoms with E-state index < -0.39 is 6.04 Å². The zero-order valence-electron chi connectivity index (χ0n) is 13.3. The molecule has 1 aromatic rings. The average Bonchev–Trinajstić information content (AvgIpc) is 2.95. The second kappa shape index (κ2) is 7.37. The minimum Gasteiger partial charge on any atom is -0.378 e. The monoisotopic (exact) mass is 309 g/mol. The second-order valence-electron chi connectivity index (χ2n) is 5.36. The molecule has 2 amide bonds. The molecule has 2 rings (SSSR count). The van der Waals surface area contributed by atoms with E-state index in [4.69, 9.17) is 4.74 Å². The average molecular weight is 309 g/mol. The van der Waals surface area contributed by atoms with E-state index in [1.165, 1.54) is 4.90 Å². The molecule has 1 aliphatic heterocycles. The molecule has 1 N–H and O–H groups in total. The van der Waals surface area contributed by atoms with E-state index >= 15 is 0 Å². The summed E-state index contributed by atoms with van der Waals surface area (Å²) in [5, 5.41) is 7.05. The largest absolute Gasteiger partial charge is 0.378 e. The predicted octanol–water partition coefficient (Wildman–Crippen LogP) is -1.00. The molecule has 1 aliphatic rings. The Kier molecular flexibility index (Phi) is 5.51. The summed E-state index contributed by atoms with van der Waals surface area (Å²) in [6, 6.07) is -0.504. The standard InChI is InChI=1S/C14H23N5O3/c1-15-13(11-8-16-18(3)9-11)14(21)17(2)10-12(20)19-4-6-22-7-5-19/h8-9,13,15H,4-7,10H2,1-3H3. The maximum atomic E-state index is 12.5. The van der Waals surface area contributed by atoms with Gasteiger partial charge in [-0.3, -0.25) is 14.3 Å². The third-order valence-electron chi connectivity index (χ3n) is 3.71. The van der Waals surface area contributed by atoms with Crippen LogP contribution >= 0.6 is 0 Å². The Balaban J connectivity index is 1.96. The summed E-state index contributed by atoms with van der Waals surface area (Å²) in [7, 11) is 5.15. The van der Waals surface area contributed by atoms with Crippen molar-refractivity contribution < 1.29 is 14.3 Å². The molecule has 0 spiro atoms. The van der Waals surface area contributed by atoms with Gasteiger partial charge in [0.25, 0.3) is 0 Å². The summed E-state index contributed by atoms with van der Waals surface area (Å²) in [6.45, 7) is 2.34. The topological polar surface area (TPSA) is 79.7 Å². The van der Waals surface area contributed by atoms with Crippen LogP contribution in [-0.2, 0) is 21.4 Å². The number of morpholine rings is 1. The highest BCUT2D eigenvalue weighted by molar-refractivity contribution is 5.88.